The lowest BCUT2D eigenvalue weighted by Gasteiger charge is -2.13. The van der Waals surface area contributed by atoms with Gasteiger partial charge in [-0.2, -0.15) is 5.26 Å². The molecule has 0 aliphatic rings. The second-order valence-corrected chi connectivity index (χ2v) is 4.24. The van der Waals surface area contributed by atoms with Crippen molar-refractivity contribution >= 4 is 0 Å². The van der Waals surface area contributed by atoms with Gasteiger partial charge in [0.05, 0.1) is 11.8 Å². The molecule has 0 unspecified atom stereocenters. The minimum absolute atomic E-state index is 0.536. The van der Waals surface area contributed by atoms with Crippen LogP contribution < -0.4 is 0 Å². The third kappa shape index (κ3) is 2.28. The van der Waals surface area contributed by atoms with Crippen LogP contribution in [0, 0.1) is 11.3 Å². The van der Waals surface area contributed by atoms with Crippen LogP contribution in [0.25, 0.3) is 11.3 Å². The maximum absolute atomic E-state index is 9.07. The van der Waals surface area contributed by atoms with E-state index in [9.17, 15) is 0 Å². The number of rotatable bonds is 2. The molecule has 84 valence electrons. The topological polar surface area (TPSA) is 62.5 Å². The number of hydrogen-bond acceptors (Lipinski definition) is 4. The first-order valence-corrected chi connectivity index (χ1v) is 5.29. The van der Waals surface area contributed by atoms with Gasteiger partial charge in [0.15, 0.2) is 0 Å². The molecule has 0 radical (unpaired) electrons. The minimum Gasteiger partial charge on any atom is -0.265 e. The largest absolute Gasteiger partial charge is 0.265 e. The molecule has 2 rings (SSSR count). The quantitative estimate of drug-likeness (QED) is 0.785. The van der Waals surface area contributed by atoms with E-state index in [1.165, 1.54) is 0 Å². The average Bonchev–Trinajstić information content (AvgIpc) is 2.40. The zero-order chi connectivity index (χ0) is 12.3. The van der Waals surface area contributed by atoms with Crippen molar-refractivity contribution in [3.05, 3.63) is 42.6 Å². The van der Waals surface area contributed by atoms with Crippen LogP contribution in [-0.4, -0.2) is 15.0 Å². The van der Waals surface area contributed by atoms with E-state index in [4.69, 9.17) is 5.26 Å². The van der Waals surface area contributed by atoms with Gasteiger partial charge >= 0.3 is 0 Å². The highest BCUT2D eigenvalue weighted by molar-refractivity contribution is 5.57. The molecular weight excluding hydrogens is 212 g/mol. The van der Waals surface area contributed by atoms with E-state index in [0.717, 1.165) is 11.3 Å². The third-order valence-corrected chi connectivity index (χ3v) is 2.47. The zero-order valence-corrected chi connectivity index (χ0v) is 9.75. The van der Waals surface area contributed by atoms with Crippen molar-refractivity contribution in [3.8, 4) is 17.3 Å². The fraction of sp³-hybridized carbons (Fsp3) is 0.231. The number of nitrogens with zero attached hydrogens (tertiary/aromatic N) is 4. The first kappa shape index (κ1) is 11.2. The molecule has 4 nitrogen and oxygen atoms in total. The van der Waals surface area contributed by atoms with E-state index in [1.807, 2.05) is 18.2 Å². The lowest BCUT2D eigenvalue weighted by atomic mass is 9.94. The first-order chi connectivity index (χ1) is 8.13. The molecule has 0 bridgehead atoms. The van der Waals surface area contributed by atoms with Crippen LogP contribution in [-0.2, 0) is 5.41 Å². The van der Waals surface area contributed by atoms with Crippen LogP contribution in [0.2, 0.25) is 0 Å². The van der Waals surface area contributed by atoms with Crippen molar-refractivity contribution in [2.75, 3.05) is 0 Å². The van der Waals surface area contributed by atoms with Crippen LogP contribution in [0.5, 0.6) is 0 Å². The molecular formula is C13H12N4. The lowest BCUT2D eigenvalue weighted by Crippen LogP contribution is -2.18. The maximum Gasteiger partial charge on any atom is 0.148 e. The summed E-state index contributed by atoms with van der Waals surface area (Å²) in [5.41, 5.74) is 1.10. The average molecular weight is 224 g/mol. The van der Waals surface area contributed by atoms with Gasteiger partial charge in [0.1, 0.15) is 11.2 Å². The normalized spacial score (nSPS) is 10.9. The summed E-state index contributed by atoms with van der Waals surface area (Å²) < 4.78 is 0. The van der Waals surface area contributed by atoms with Crippen LogP contribution >= 0.6 is 0 Å². The number of aromatic nitrogens is 3. The van der Waals surface area contributed by atoms with Crippen molar-refractivity contribution in [1.29, 1.82) is 5.26 Å². The molecule has 0 amide bonds. The Morgan fingerprint density at radius 2 is 1.82 bits per heavy atom. The lowest BCUT2D eigenvalue weighted by molar-refractivity contribution is 0.630. The number of nitriles is 1. The fourth-order valence-electron chi connectivity index (χ4n) is 1.39. The molecule has 0 spiro atoms. The van der Waals surface area contributed by atoms with E-state index in [0.29, 0.717) is 5.82 Å². The number of pyridine rings is 1. The predicted molar refractivity (Wildman–Crippen MR) is 63.9 cm³/mol. The molecule has 2 aromatic rings. The third-order valence-electron chi connectivity index (χ3n) is 2.47. The second-order valence-electron chi connectivity index (χ2n) is 4.24. The molecule has 0 fully saturated rings. The van der Waals surface area contributed by atoms with Crippen molar-refractivity contribution in [2.45, 2.75) is 19.3 Å². The van der Waals surface area contributed by atoms with Crippen LogP contribution in [0.1, 0.15) is 19.7 Å². The molecule has 0 atom stereocenters. The second kappa shape index (κ2) is 4.30. The number of hydrogen-bond donors (Lipinski definition) is 0. The molecule has 4 heteroatoms. The Bertz CT molecular complexity index is 555. The Balaban J connectivity index is 2.47. The molecule has 2 aromatic heterocycles. The Labute approximate surface area is 100.0 Å². The fourth-order valence-corrected chi connectivity index (χ4v) is 1.39. The Hall–Kier alpha value is -2.28. The van der Waals surface area contributed by atoms with Crippen molar-refractivity contribution in [2.24, 2.45) is 0 Å². The molecule has 0 saturated carbocycles. The smallest absolute Gasteiger partial charge is 0.148 e. The van der Waals surface area contributed by atoms with Gasteiger partial charge in [-0.1, -0.05) is 0 Å². The van der Waals surface area contributed by atoms with E-state index in [-0.39, 0.29) is 0 Å². The van der Waals surface area contributed by atoms with Gasteiger partial charge in [0, 0.05) is 24.2 Å². The van der Waals surface area contributed by atoms with E-state index >= 15 is 0 Å². The summed E-state index contributed by atoms with van der Waals surface area (Å²) in [6, 6.07) is 7.79. The molecule has 0 aliphatic carbocycles. The SMILES string of the molecule is CC(C)(C#N)c1nccc(-c2ccncc2)n1. The highest BCUT2D eigenvalue weighted by atomic mass is 14.9. The van der Waals surface area contributed by atoms with Crippen LogP contribution in [0.3, 0.4) is 0 Å². The molecule has 17 heavy (non-hydrogen) atoms. The summed E-state index contributed by atoms with van der Waals surface area (Å²) in [4.78, 5) is 12.5. The standard InChI is InChI=1S/C13H12N4/c1-13(2,9-14)12-16-8-5-11(17-12)10-3-6-15-7-4-10/h3-8H,1-2H3. The van der Waals surface area contributed by atoms with Gasteiger partial charge < -0.3 is 0 Å². The van der Waals surface area contributed by atoms with Crippen molar-refractivity contribution in [1.82, 2.24) is 15.0 Å². The van der Waals surface area contributed by atoms with Crippen LogP contribution in [0.15, 0.2) is 36.8 Å². The van der Waals surface area contributed by atoms with E-state index < -0.39 is 5.41 Å². The summed E-state index contributed by atoms with van der Waals surface area (Å²) in [7, 11) is 0. The predicted octanol–water partition coefficient (Wildman–Crippen LogP) is 2.34. The highest BCUT2D eigenvalue weighted by Crippen LogP contribution is 2.21. The molecule has 0 aliphatic heterocycles. The summed E-state index contributed by atoms with van der Waals surface area (Å²) in [5, 5.41) is 9.07. The minimum atomic E-state index is -0.678. The Morgan fingerprint density at radius 3 is 2.47 bits per heavy atom. The molecule has 2 heterocycles. The Kier molecular flexibility index (Phi) is 2.84. The van der Waals surface area contributed by atoms with E-state index in [1.54, 1.807) is 32.4 Å². The Morgan fingerprint density at radius 1 is 1.12 bits per heavy atom. The van der Waals surface area contributed by atoms with Crippen molar-refractivity contribution < 1.29 is 0 Å². The summed E-state index contributed by atoms with van der Waals surface area (Å²) in [6.45, 7) is 3.61. The van der Waals surface area contributed by atoms with Crippen molar-refractivity contribution in [3.63, 3.8) is 0 Å². The monoisotopic (exact) mass is 224 g/mol. The van der Waals surface area contributed by atoms with Gasteiger partial charge in [-0.15, -0.1) is 0 Å². The van der Waals surface area contributed by atoms with Crippen LogP contribution in [0.4, 0.5) is 0 Å². The zero-order valence-electron chi connectivity index (χ0n) is 9.75. The summed E-state index contributed by atoms with van der Waals surface area (Å²) >= 11 is 0. The maximum atomic E-state index is 9.07. The molecule has 0 N–H and O–H groups in total. The summed E-state index contributed by atoms with van der Waals surface area (Å²) in [6.07, 6.45) is 5.11. The highest BCUT2D eigenvalue weighted by Gasteiger charge is 2.23. The van der Waals surface area contributed by atoms with Gasteiger partial charge in [-0.3, -0.25) is 4.98 Å². The van der Waals surface area contributed by atoms with Gasteiger partial charge in [-0.25, -0.2) is 9.97 Å². The molecule has 0 saturated heterocycles. The van der Waals surface area contributed by atoms with Gasteiger partial charge in [0.25, 0.3) is 0 Å². The van der Waals surface area contributed by atoms with E-state index in [2.05, 4.69) is 21.0 Å². The summed E-state index contributed by atoms with van der Waals surface area (Å²) in [5.74, 6) is 0.536. The van der Waals surface area contributed by atoms with Gasteiger partial charge in [-0.05, 0) is 32.0 Å². The first-order valence-electron chi connectivity index (χ1n) is 5.29. The van der Waals surface area contributed by atoms with Gasteiger partial charge in [0.2, 0.25) is 0 Å². The molecule has 0 aromatic carbocycles.